The molecule has 0 bridgehead atoms. The van der Waals surface area contributed by atoms with E-state index in [0.717, 1.165) is 5.56 Å². The molecule has 4 rings (SSSR count). The van der Waals surface area contributed by atoms with E-state index in [1.54, 1.807) is 36.9 Å². The lowest BCUT2D eigenvalue weighted by molar-refractivity contribution is -0.384. The fourth-order valence-corrected chi connectivity index (χ4v) is 3.65. The lowest BCUT2D eigenvalue weighted by Gasteiger charge is -2.15. The number of carbonyl (C=O) groups excluding carboxylic acids is 1. The molecule has 0 radical (unpaired) electrons. The first-order chi connectivity index (χ1) is 14.8. The fraction of sp³-hybridized carbons (Fsp3) is 0.174. The van der Waals surface area contributed by atoms with Gasteiger partial charge in [0.15, 0.2) is 5.65 Å². The zero-order valence-corrected chi connectivity index (χ0v) is 17.4. The van der Waals surface area contributed by atoms with Crippen LogP contribution in [-0.2, 0) is 7.05 Å². The summed E-state index contributed by atoms with van der Waals surface area (Å²) in [6.45, 7) is 3.64. The third kappa shape index (κ3) is 3.87. The summed E-state index contributed by atoms with van der Waals surface area (Å²) in [5.41, 5.74) is 3.99. The number of aromatic nitrogens is 3. The Bertz CT molecular complexity index is 1300. The molecule has 2 heterocycles. The van der Waals surface area contributed by atoms with Gasteiger partial charge in [0, 0.05) is 24.7 Å². The summed E-state index contributed by atoms with van der Waals surface area (Å²) >= 11 is 0. The first-order valence-electron chi connectivity index (χ1n) is 9.80. The monoisotopic (exact) mass is 415 g/mol. The van der Waals surface area contributed by atoms with Crippen LogP contribution in [0.4, 0.5) is 5.69 Å². The van der Waals surface area contributed by atoms with Crippen molar-refractivity contribution in [3.8, 4) is 11.3 Å². The van der Waals surface area contributed by atoms with E-state index in [1.165, 1.54) is 12.1 Å². The van der Waals surface area contributed by atoms with E-state index in [4.69, 9.17) is 4.98 Å². The zero-order valence-electron chi connectivity index (χ0n) is 17.4. The molecule has 0 aliphatic carbocycles. The molecule has 2 aromatic heterocycles. The number of benzene rings is 2. The summed E-state index contributed by atoms with van der Waals surface area (Å²) in [7, 11) is 1.80. The predicted octanol–water partition coefficient (Wildman–Crippen LogP) is 4.34. The van der Waals surface area contributed by atoms with E-state index in [1.807, 2.05) is 37.3 Å². The fourth-order valence-electron chi connectivity index (χ4n) is 3.65. The van der Waals surface area contributed by atoms with Crippen LogP contribution in [0.2, 0.25) is 0 Å². The van der Waals surface area contributed by atoms with Crippen LogP contribution in [0.25, 0.3) is 22.3 Å². The van der Waals surface area contributed by atoms with Crippen molar-refractivity contribution in [3.05, 3.63) is 87.6 Å². The molecule has 2 aromatic carbocycles. The Kier molecular flexibility index (Phi) is 5.21. The van der Waals surface area contributed by atoms with Gasteiger partial charge in [0.1, 0.15) is 0 Å². The standard InChI is InChI=1S/C23H21N5O3/c1-14(17-10-7-11-18(12-17)28(30)31)24-23(29)19-13-20(16-8-5-4-6-9-16)25-22-21(19)15(2)26-27(22)3/h4-14H,1-3H3,(H,24,29). The number of nitro groups is 1. The van der Waals surface area contributed by atoms with Crippen molar-refractivity contribution in [1.29, 1.82) is 0 Å². The van der Waals surface area contributed by atoms with Crippen molar-refractivity contribution >= 4 is 22.6 Å². The maximum atomic E-state index is 13.3. The van der Waals surface area contributed by atoms with Crippen LogP contribution in [0.15, 0.2) is 60.7 Å². The van der Waals surface area contributed by atoms with Crippen molar-refractivity contribution < 1.29 is 9.72 Å². The van der Waals surface area contributed by atoms with Gasteiger partial charge in [-0.05, 0) is 25.5 Å². The van der Waals surface area contributed by atoms with E-state index in [9.17, 15) is 14.9 Å². The summed E-state index contributed by atoms with van der Waals surface area (Å²) in [4.78, 5) is 28.7. The van der Waals surface area contributed by atoms with Crippen molar-refractivity contribution in [3.63, 3.8) is 0 Å². The molecule has 0 aliphatic rings. The number of carbonyl (C=O) groups is 1. The quantitative estimate of drug-likeness (QED) is 0.386. The SMILES string of the molecule is Cc1nn(C)c2nc(-c3ccccc3)cc(C(=O)NC(C)c3cccc([N+](=O)[O-])c3)c12. The van der Waals surface area contributed by atoms with Crippen LogP contribution in [0.1, 0.15) is 34.6 Å². The van der Waals surface area contributed by atoms with E-state index in [-0.39, 0.29) is 11.6 Å². The number of non-ortho nitro benzene ring substituents is 1. The Hall–Kier alpha value is -4.07. The second kappa shape index (κ2) is 7.98. The van der Waals surface area contributed by atoms with Crippen LogP contribution >= 0.6 is 0 Å². The van der Waals surface area contributed by atoms with Crippen LogP contribution in [0.3, 0.4) is 0 Å². The molecule has 0 saturated heterocycles. The van der Waals surface area contributed by atoms with Gasteiger partial charge in [-0.2, -0.15) is 5.10 Å². The third-order valence-electron chi connectivity index (χ3n) is 5.21. The van der Waals surface area contributed by atoms with Gasteiger partial charge in [-0.25, -0.2) is 4.98 Å². The lowest BCUT2D eigenvalue weighted by atomic mass is 10.0. The number of nitrogens with one attached hydrogen (secondary N) is 1. The highest BCUT2D eigenvalue weighted by molar-refractivity contribution is 6.07. The van der Waals surface area contributed by atoms with Crippen molar-refractivity contribution in [2.24, 2.45) is 7.05 Å². The number of hydrogen-bond donors (Lipinski definition) is 1. The molecule has 0 aliphatic heterocycles. The molecule has 1 atom stereocenters. The molecule has 31 heavy (non-hydrogen) atoms. The maximum Gasteiger partial charge on any atom is 0.269 e. The molecule has 0 spiro atoms. The van der Waals surface area contributed by atoms with Crippen LogP contribution in [-0.4, -0.2) is 25.6 Å². The van der Waals surface area contributed by atoms with Gasteiger partial charge in [0.25, 0.3) is 11.6 Å². The summed E-state index contributed by atoms with van der Waals surface area (Å²) in [5.74, 6) is -0.292. The highest BCUT2D eigenvalue weighted by Gasteiger charge is 2.21. The van der Waals surface area contributed by atoms with E-state index in [2.05, 4.69) is 10.4 Å². The number of aryl methyl sites for hydroxylation is 2. The summed E-state index contributed by atoms with van der Waals surface area (Å²) in [6.07, 6.45) is 0. The van der Waals surface area contributed by atoms with Gasteiger partial charge in [0.05, 0.1) is 33.3 Å². The Labute approximate surface area is 178 Å². The Balaban J connectivity index is 1.75. The number of hydrogen-bond acceptors (Lipinski definition) is 5. The second-order valence-electron chi connectivity index (χ2n) is 7.38. The first-order valence-corrected chi connectivity index (χ1v) is 9.80. The molecular formula is C23H21N5O3. The highest BCUT2D eigenvalue weighted by atomic mass is 16.6. The Morgan fingerprint density at radius 2 is 1.87 bits per heavy atom. The van der Waals surface area contributed by atoms with Crippen molar-refractivity contribution in [1.82, 2.24) is 20.1 Å². The number of nitrogens with zero attached hydrogens (tertiary/aromatic N) is 4. The molecule has 8 heteroatoms. The molecule has 1 N–H and O–H groups in total. The van der Waals surface area contributed by atoms with Gasteiger partial charge >= 0.3 is 0 Å². The van der Waals surface area contributed by atoms with Crippen molar-refractivity contribution in [2.45, 2.75) is 19.9 Å². The maximum absolute atomic E-state index is 13.3. The van der Waals surface area contributed by atoms with Crippen LogP contribution in [0.5, 0.6) is 0 Å². The number of nitro benzene ring substituents is 1. The minimum Gasteiger partial charge on any atom is -0.345 e. The van der Waals surface area contributed by atoms with E-state index in [0.29, 0.717) is 33.5 Å². The number of fused-ring (bicyclic) bond motifs is 1. The normalized spacial score (nSPS) is 12.0. The number of pyridine rings is 1. The van der Waals surface area contributed by atoms with Gasteiger partial charge in [-0.1, -0.05) is 42.5 Å². The molecule has 0 fully saturated rings. The molecule has 8 nitrogen and oxygen atoms in total. The average Bonchev–Trinajstić information content (AvgIpc) is 3.07. The molecule has 4 aromatic rings. The molecule has 156 valence electrons. The minimum absolute atomic E-state index is 0.0145. The summed E-state index contributed by atoms with van der Waals surface area (Å²) < 4.78 is 1.66. The summed E-state index contributed by atoms with van der Waals surface area (Å²) in [5, 5.41) is 19.2. The minimum atomic E-state index is -0.449. The Morgan fingerprint density at radius 3 is 2.58 bits per heavy atom. The first kappa shape index (κ1) is 20.2. The van der Waals surface area contributed by atoms with Crippen LogP contribution in [0, 0.1) is 17.0 Å². The third-order valence-corrected chi connectivity index (χ3v) is 5.21. The smallest absolute Gasteiger partial charge is 0.269 e. The van der Waals surface area contributed by atoms with E-state index >= 15 is 0 Å². The molecule has 0 saturated carbocycles. The Morgan fingerprint density at radius 1 is 1.13 bits per heavy atom. The topological polar surface area (TPSA) is 103 Å². The van der Waals surface area contributed by atoms with Crippen LogP contribution < -0.4 is 5.32 Å². The molecule has 1 amide bonds. The molecule has 1 unspecified atom stereocenters. The van der Waals surface area contributed by atoms with Gasteiger partial charge in [-0.3, -0.25) is 19.6 Å². The van der Waals surface area contributed by atoms with Crippen molar-refractivity contribution in [2.75, 3.05) is 0 Å². The van der Waals surface area contributed by atoms with E-state index < -0.39 is 11.0 Å². The molecular weight excluding hydrogens is 394 g/mol. The van der Waals surface area contributed by atoms with Gasteiger partial charge in [0.2, 0.25) is 0 Å². The predicted molar refractivity (Wildman–Crippen MR) is 118 cm³/mol. The van der Waals surface area contributed by atoms with Gasteiger partial charge in [-0.15, -0.1) is 0 Å². The largest absolute Gasteiger partial charge is 0.345 e. The highest BCUT2D eigenvalue weighted by Crippen LogP contribution is 2.27. The number of amides is 1. The number of rotatable bonds is 5. The second-order valence-corrected chi connectivity index (χ2v) is 7.38. The zero-order chi connectivity index (χ0) is 22.1. The summed E-state index contributed by atoms with van der Waals surface area (Å²) in [6, 6.07) is 17.2. The van der Waals surface area contributed by atoms with Gasteiger partial charge < -0.3 is 5.32 Å². The average molecular weight is 415 g/mol. The lowest BCUT2D eigenvalue weighted by Crippen LogP contribution is -2.27.